The van der Waals surface area contributed by atoms with Gasteiger partial charge in [-0.1, -0.05) is 43.2 Å². The van der Waals surface area contributed by atoms with Crippen LogP contribution in [-0.2, 0) is 20.9 Å². The molecule has 0 N–H and O–H groups in total. The molecule has 0 aromatic heterocycles. The molecular formula is C20H27NO4. The van der Waals surface area contributed by atoms with Crippen LogP contribution in [0.15, 0.2) is 30.3 Å². The summed E-state index contributed by atoms with van der Waals surface area (Å²) in [6, 6.07) is 9.65. The Morgan fingerprint density at radius 1 is 1.16 bits per heavy atom. The normalized spacial score (nSPS) is 24.5. The van der Waals surface area contributed by atoms with E-state index in [4.69, 9.17) is 9.47 Å². The molecule has 1 saturated heterocycles. The maximum absolute atomic E-state index is 12.9. The van der Waals surface area contributed by atoms with Crippen molar-refractivity contribution in [2.45, 2.75) is 64.1 Å². The highest BCUT2D eigenvalue weighted by Crippen LogP contribution is 2.50. The first-order valence-electron chi connectivity index (χ1n) is 9.25. The van der Waals surface area contributed by atoms with Crippen molar-refractivity contribution in [1.29, 1.82) is 0 Å². The average Bonchev–Trinajstić information content (AvgIpc) is 3.20. The van der Waals surface area contributed by atoms with Crippen LogP contribution >= 0.6 is 0 Å². The summed E-state index contributed by atoms with van der Waals surface area (Å²) < 4.78 is 10.9. The van der Waals surface area contributed by atoms with Gasteiger partial charge in [-0.3, -0.25) is 9.69 Å². The van der Waals surface area contributed by atoms with Crippen molar-refractivity contribution in [3.63, 3.8) is 0 Å². The standard InChI is InChI=1S/C20H27NO4/c1-3-24-18(22)17-13-15(2)21(20(17)11-7-8-12-20)19(23)25-14-16-9-5-4-6-10-16/h4-6,9-10,15,17H,3,7-8,11-14H2,1-2H3/t15-,17-/m1/s1. The van der Waals surface area contributed by atoms with Gasteiger partial charge in [0.15, 0.2) is 0 Å². The maximum Gasteiger partial charge on any atom is 0.410 e. The van der Waals surface area contributed by atoms with E-state index in [0.29, 0.717) is 13.0 Å². The molecule has 1 heterocycles. The molecule has 0 unspecified atom stereocenters. The highest BCUT2D eigenvalue weighted by Gasteiger charge is 2.58. The SMILES string of the molecule is CCOC(=O)[C@H]1C[C@@H](C)N(C(=O)OCc2ccccc2)C12CCCC2. The van der Waals surface area contributed by atoms with Crippen LogP contribution in [0.3, 0.4) is 0 Å². The number of benzene rings is 1. The number of esters is 1. The number of nitrogens with zero attached hydrogens (tertiary/aromatic N) is 1. The third-order valence-electron chi connectivity index (χ3n) is 5.59. The summed E-state index contributed by atoms with van der Waals surface area (Å²) in [6.07, 6.45) is 4.10. The summed E-state index contributed by atoms with van der Waals surface area (Å²) >= 11 is 0. The molecule has 3 rings (SSSR count). The van der Waals surface area contributed by atoms with Crippen molar-refractivity contribution < 1.29 is 19.1 Å². The van der Waals surface area contributed by atoms with Gasteiger partial charge in [0.1, 0.15) is 6.61 Å². The second kappa shape index (κ2) is 7.46. The first-order valence-corrected chi connectivity index (χ1v) is 9.25. The van der Waals surface area contributed by atoms with Gasteiger partial charge >= 0.3 is 12.1 Å². The lowest BCUT2D eigenvalue weighted by Crippen LogP contribution is -2.52. The number of hydrogen-bond acceptors (Lipinski definition) is 4. The van der Waals surface area contributed by atoms with Crippen LogP contribution in [0.2, 0.25) is 0 Å². The van der Waals surface area contributed by atoms with Crippen LogP contribution in [0.4, 0.5) is 4.79 Å². The zero-order chi connectivity index (χ0) is 17.9. The summed E-state index contributed by atoms with van der Waals surface area (Å²) in [5, 5.41) is 0. The van der Waals surface area contributed by atoms with Crippen LogP contribution in [0.5, 0.6) is 0 Å². The topological polar surface area (TPSA) is 55.8 Å². The Balaban J connectivity index is 1.76. The van der Waals surface area contributed by atoms with E-state index < -0.39 is 5.54 Å². The lowest BCUT2D eigenvalue weighted by molar-refractivity contribution is -0.151. The minimum Gasteiger partial charge on any atom is -0.466 e. The number of likely N-dealkylation sites (tertiary alicyclic amines) is 1. The van der Waals surface area contributed by atoms with Gasteiger partial charge in [-0.15, -0.1) is 0 Å². The zero-order valence-electron chi connectivity index (χ0n) is 15.1. The Morgan fingerprint density at radius 2 is 1.84 bits per heavy atom. The number of carbonyl (C=O) groups excluding carboxylic acids is 2. The molecule has 1 amide bonds. The summed E-state index contributed by atoms with van der Waals surface area (Å²) in [5.74, 6) is -0.413. The molecule has 0 radical (unpaired) electrons. The summed E-state index contributed by atoms with van der Waals surface area (Å²) in [5.41, 5.74) is 0.532. The van der Waals surface area contributed by atoms with Gasteiger partial charge in [0.2, 0.25) is 0 Å². The average molecular weight is 345 g/mol. The number of rotatable bonds is 4. The Kier molecular flexibility index (Phi) is 5.30. The van der Waals surface area contributed by atoms with Crippen molar-refractivity contribution in [1.82, 2.24) is 4.90 Å². The Morgan fingerprint density at radius 3 is 2.48 bits per heavy atom. The van der Waals surface area contributed by atoms with Crippen LogP contribution in [0.1, 0.15) is 51.5 Å². The van der Waals surface area contributed by atoms with E-state index in [9.17, 15) is 9.59 Å². The lowest BCUT2D eigenvalue weighted by atomic mass is 9.83. The van der Waals surface area contributed by atoms with Gasteiger partial charge in [0.05, 0.1) is 18.1 Å². The Labute approximate surface area is 149 Å². The van der Waals surface area contributed by atoms with E-state index >= 15 is 0 Å². The van der Waals surface area contributed by atoms with Gasteiger partial charge < -0.3 is 9.47 Å². The monoisotopic (exact) mass is 345 g/mol. The van der Waals surface area contributed by atoms with Gasteiger partial charge in [-0.05, 0) is 38.7 Å². The van der Waals surface area contributed by atoms with E-state index in [2.05, 4.69) is 0 Å². The summed E-state index contributed by atoms with van der Waals surface area (Å²) in [7, 11) is 0. The fourth-order valence-electron chi connectivity index (χ4n) is 4.56. The third kappa shape index (κ3) is 3.37. The minimum absolute atomic E-state index is 0.0178. The van der Waals surface area contributed by atoms with Crippen molar-refractivity contribution >= 4 is 12.1 Å². The number of ether oxygens (including phenoxy) is 2. The molecule has 1 aromatic carbocycles. The molecule has 1 spiro atoms. The highest BCUT2D eigenvalue weighted by atomic mass is 16.6. The number of amides is 1. The van der Waals surface area contributed by atoms with Crippen LogP contribution in [0.25, 0.3) is 0 Å². The smallest absolute Gasteiger partial charge is 0.410 e. The van der Waals surface area contributed by atoms with E-state index in [1.54, 1.807) is 0 Å². The van der Waals surface area contributed by atoms with Crippen molar-refractivity contribution in [3.05, 3.63) is 35.9 Å². The van der Waals surface area contributed by atoms with Crippen LogP contribution in [0, 0.1) is 5.92 Å². The zero-order valence-corrected chi connectivity index (χ0v) is 15.1. The molecule has 25 heavy (non-hydrogen) atoms. The van der Waals surface area contributed by atoms with Gasteiger partial charge in [0, 0.05) is 6.04 Å². The molecule has 1 saturated carbocycles. The fourth-order valence-corrected chi connectivity index (χ4v) is 4.56. The van der Waals surface area contributed by atoms with Crippen molar-refractivity contribution in [2.75, 3.05) is 6.61 Å². The second-order valence-corrected chi connectivity index (χ2v) is 7.11. The van der Waals surface area contributed by atoms with Crippen LogP contribution in [-0.4, -0.2) is 35.2 Å². The summed E-state index contributed by atoms with van der Waals surface area (Å²) in [6.45, 7) is 4.45. The van der Waals surface area contributed by atoms with E-state index in [-0.39, 0.29) is 30.6 Å². The predicted molar refractivity (Wildman–Crippen MR) is 93.9 cm³/mol. The van der Waals surface area contributed by atoms with E-state index in [0.717, 1.165) is 31.2 Å². The number of hydrogen-bond donors (Lipinski definition) is 0. The fraction of sp³-hybridized carbons (Fsp3) is 0.600. The molecule has 5 heteroatoms. The molecule has 1 aliphatic carbocycles. The molecule has 2 aliphatic rings. The van der Waals surface area contributed by atoms with Gasteiger partial charge in [0.25, 0.3) is 0 Å². The molecule has 1 aromatic rings. The lowest BCUT2D eigenvalue weighted by Gasteiger charge is -2.39. The van der Waals surface area contributed by atoms with Crippen molar-refractivity contribution in [2.24, 2.45) is 5.92 Å². The van der Waals surface area contributed by atoms with Crippen molar-refractivity contribution in [3.8, 4) is 0 Å². The molecule has 1 aliphatic heterocycles. The van der Waals surface area contributed by atoms with Crippen LogP contribution < -0.4 is 0 Å². The second-order valence-electron chi connectivity index (χ2n) is 7.11. The quantitative estimate of drug-likeness (QED) is 0.777. The number of carbonyl (C=O) groups is 2. The molecule has 0 bridgehead atoms. The molecule has 136 valence electrons. The molecular weight excluding hydrogens is 318 g/mol. The van der Waals surface area contributed by atoms with E-state index in [1.807, 2.05) is 49.1 Å². The summed E-state index contributed by atoms with van der Waals surface area (Å²) in [4.78, 5) is 27.2. The molecule has 2 fully saturated rings. The Bertz CT molecular complexity index is 609. The Hall–Kier alpha value is -2.04. The largest absolute Gasteiger partial charge is 0.466 e. The minimum atomic E-state index is -0.431. The first kappa shape index (κ1) is 17.8. The highest BCUT2D eigenvalue weighted by molar-refractivity contribution is 5.78. The van der Waals surface area contributed by atoms with E-state index in [1.165, 1.54) is 0 Å². The predicted octanol–water partition coefficient (Wildman–Crippen LogP) is 3.91. The van der Waals surface area contributed by atoms with Gasteiger partial charge in [-0.2, -0.15) is 0 Å². The maximum atomic E-state index is 12.9. The molecule has 2 atom stereocenters. The third-order valence-corrected chi connectivity index (χ3v) is 5.59. The van der Waals surface area contributed by atoms with Gasteiger partial charge in [-0.25, -0.2) is 4.79 Å². The first-order chi connectivity index (χ1) is 12.1. The molecule has 5 nitrogen and oxygen atoms in total.